The zero-order chi connectivity index (χ0) is 16.9. The lowest BCUT2D eigenvalue weighted by atomic mass is 9.99. The molecule has 7 heteroatoms. The number of benzene rings is 1. The van der Waals surface area contributed by atoms with Crippen molar-refractivity contribution in [1.29, 1.82) is 0 Å². The number of aliphatic hydroxyl groups is 1. The summed E-state index contributed by atoms with van der Waals surface area (Å²) < 4.78 is 4.99. The fraction of sp³-hybridized carbons (Fsp3) is 0.400. The lowest BCUT2D eigenvalue weighted by Crippen LogP contribution is -2.35. The van der Waals surface area contributed by atoms with E-state index in [9.17, 15) is 19.5 Å². The second kappa shape index (κ2) is 7.04. The monoisotopic (exact) mass is 309 g/mol. The van der Waals surface area contributed by atoms with Crippen LogP contribution in [0, 0.1) is 0 Å². The van der Waals surface area contributed by atoms with Crippen LogP contribution in [0.15, 0.2) is 24.3 Å². The normalized spacial score (nSPS) is 12.4. The molecule has 3 N–H and O–H groups in total. The molecule has 0 heterocycles. The van der Waals surface area contributed by atoms with Gasteiger partial charge in [0.05, 0.1) is 6.54 Å². The Labute approximate surface area is 127 Å². The summed E-state index contributed by atoms with van der Waals surface area (Å²) in [6.07, 6.45) is -2.56. The van der Waals surface area contributed by atoms with Crippen LogP contribution >= 0.6 is 0 Å². The molecule has 22 heavy (non-hydrogen) atoms. The smallest absolute Gasteiger partial charge is 0.408 e. The molecule has 0 radical (unpaired) electrons. The lowest BCUT2D eigenvalue weighted by molar-refractivity contribution is -0.146. The van der Waals surface area contributed by atoms with Crippen molar-refractivity contribution in [3.63, 3.8) is 0 Å². The van der Waals surface area contributed by atoms with Crippen LogP contribution < -0.4 is 5.32 Å². The van der Waals surface area contributed by atoms with Crippen LogP contribution in [-0.2, 0) is 9.53 Å². The molecule has 0 spiro atoms. The first kappa shape index (κ1) is 17.6. The Bertz CT molecular complexity index is 576. The van der Waals surface area contributed by atoms with Gasteiger partial charge in [0.1, 0.15) is 5.60 Å². The van der Waals surface area contributed by atoms with Crippen LogP contribution in [0.2, 0.25) is 0 Å². The van der Waals surface area contributed by atoms with E-state index in [1.807, 2.05) is 0 Å². The van der Waals surface area contributed by atoms with Crippen molar-refractivity contribution in [2.45, 2.75) is 32.5 Å². The average molecular weight is 309 g/mol. The minimum Gasteiger partial charge on any atom is -0.479 e. The van der Waals surface area contributed by atoms with Crippen LogP contribution in [0.1, 0.15) is 42.8 Å². The number of hydrogen-bond acceptors (Lipinski definition) is 5. The van der Waals surface area contributed by atoms with Crippen molar-refractivity contribution in [2.75, 3.05) is 6.54 Å². The molecule has 1 aromatic rings. The maximum absolute atomic E-state index is 12.1. The number of carboxylic acid groups (broad SMARTS) is 1. The SMILES string of the molecule is CC(C)(C)OC(=O)NCC(=O)c1ccccc1C(O)C(=O)O. The Morgan fingerprint density at radius 3 is 2.36 bits per heavy atom. The van der Waals surface area contributed by atoms with Crippen molar-refractivity contribution in [1.82, 2.24) is 5.32 Å². The van der Waals surface area contributed by atoms with Crippen LogP contribution in [0.3, 0.4) is 0 Å². The summed E-state index contributed by atoms with van der Waals surface area (Å²) in [5.41, 5.74) is -0.677. The highest BCUT2D eigenvalue weighted by atomic mass is 16.6. The number of carbonyl (C=O) groups is 3. The third kappa shape index (κ3) is 5.17. The molecule has 0 saturated heterocycles. The molecule has 0 saturated carbocycles. The summed E-state index contributed by atoms with van der Waals surface area (Å²) in [5.74, 6) is -1.98. The fourth-order valence-corrected chi connectivity index (χ4v) is 1.68. The second-order valence-corrected chi connectivity index (χ2v) is 5.61. The predicted octanol–water partition coefficient (Wildman–Crippen LogP) is 1.51. The summed E-state index contributed by atoms with van der Waals surface area (Å²) in [6, 6.07) is 5.79. The van der Waals surface area contributed by atoms with Gasteiger partial charge in [0.15, 0.2) is 11.9 Å². The van der Waals surface area contributed by atoms with E-state index in [0.29, 0.717) is 0 Å². The molecule has 1 unspecified atom stereocenters. The first-order valence-corrected chi connectivity index (χ1v) is 6.61. The number of Topliss-reactive ketones (excluding diaryl/α,β-unsaturated/α-hetero) is 1. The van der Waals surface area contributed by atoms with Crippen LogP contribution in [0.25, 0.3) is 0 Å². The van der Waals surface area contributed by atoms with Crippen LogP contribution in [-0.4, -0.2) is 40.2 Å². The number of ketones is 1. The number of hydrogen-bond donors (Lipinski definition) is 3. The number of aliphatic hydroxyl groups excluding tert-OH is 1. The van der Waals surface area contributed by atoms with E-state index in [1.54, 1.807) is 26.8 Å². The minimum absolute atomic E-state index is 0.0222. The number of nitrogens with one attached hydrogen (secondary N) is 1. The molecular weight excluding hydrogens is 290 g/mol. The molecule has 1 atom stereocenters. The third-order valence-corrected chi connectivity index (χ3v) is 2.58. The predicted molar refractivity (Wildman–Crippen MR) is 77.6 cm³/mol. The van der Waals surface area contributed by atoms with E-state index in [4.69, 9.17) is 9.84 Å². The second-order valence-electron chi connectivity index (χ2n) is 5.61. The number of ether oxygens (including phenoxy) is 1. The standard InChI is InChI=1S/C15H19NO6/c1-15(2,3)22-14(21)16-8-11(17)9-6-4-5-7-10(9)12(18)13(19)20/h4-7,12,18H,8H2,1-3H3,(H,16,21)(H,19,20). The molecule has 7 nitrogen and oxygen atoms in total. The largest absolute Gasteiger partial charge is 0.479 e. The Hall–Kier alpha value is -2.41. The summed E-state index contributed by atoms with van der Waals surface area (Å²) in [6.45, 7) is 4.70. The Morgan fingerprint density at radius 1 is 1.23 bits per heavy atom. The molecule has 1 amide bonds. The van der Waals surface area contributed by atoms with E-state index < -0.39 is 29.6 Å². The van der Waals surface area contributed by atoms with E-state index in [0.717, 1.165) is 0 Å². The van der Waals surface area contributed by atoms with E-state index in [2.05, 4.69) is 5.32 Å². The lowest BCUT2D eigenvalue weighted by Gasteiger charge is -2.19. The van der Waals surface area contributed by atoms with Gasteiger partial charge in [-0.1, -0.05) is 24.3 Å². The van der Waals surface area contributed by atoms with Gasteiger partial charge in [-0.2, -0.15) is 0 Å². The van der Waals surface area contributed by atoms with Crippen molar-refractivity contribution < 1.29 is 29.3 Å². The van der Waals surface area contributed by atoms with Crippen molar-refractivity contribution in [2.24, 2.45) is 0 Å². The number of carbonyl (C=O) groups excluding carboxylic acids is 2. The maximum Gasteiger partial charge on any atom is 0.408 e. The van der Waals surface area contributed by atoms with Crippen LogP contribution in [0.4, 0.5) is 4.79 Å². The van der Waals surface area contributed by atoms with Crippen molar-refractivity contribution in [3.8, 4) is 0 Å². The highest BCUT2D eigenvalue weighted by molar-refractivity contribution is 6.01. The minimum atomic E-state index is -1.80. The third-order valence-electron chi connectivity index (χ3n) is 2.58. The van der Waals surface area contributed by atoms with Gasteiger partial charge < -0.3 is 20.3 Å². The van der Waals surface area contributed by atoms with Gasteiger partial charge in [0, 0.05) is 11.1 Å². The van der Waals surface area contributed by atoms with Crippen LogP contribution in [0.5, 0.6) is 0 Å². The molecule has 0 aromatic heterocycles. The quantitative estimate of drug-likeness (QED) is 0.711. The Kier molecular flexibility index (Phi) is 5.64. The first-order valence-electron chi connectivity index (χ1n) is 6.61. The van der Waals surface area contributed by atoms with Gasteiger partial charge in [-0.15, -0.1) is 0 Å². The zero-order valence-corrected chi connectivity index (χ0v) is 12.6. The van der Waals surface area contributed by atoms with Crippen molar-refractivity contribution >= 4 is 17.8 Å². The molecule has 120 valence electrons. The molecule has 0 bridgehead atoms. The Morgan fingerprint density at radius 2 is 1.82 bits per heavy atom. The van der Waals surface area contributed by atoms with Gasteiger partial charge in [0.25, 0.3) is 0 Å². The summed E-state index contributed by atoms with van der Waals surface area (Å²) in [4.78, 5) is 34.4. The number of alkyl carbamates (subject to hydrolysis) is 1. The topological polar surface area (TPSA) is 113 Å². The number of carboxylic acids is 1. The number of rotatable bonds is 5. The highest BCUT2D eigenvalue weighted by Gasteiger charge is 2.23. The maximum atomic E-state index is 12.1. The first-order chi connectivity index (χ1) is 10.1. The molecule has 0 aliphatic carbocycles. The summed E-state index contributed by atoms with van der Waals surface area (Å²) >= 11 is 0. The van der Waals surface area contributed by atoms with Crippen molar-refractivity contribution in [3.05, 3.63) is 35.4 Å². The van der Waals surface area contributed by atoms with E-state index >= 15 is 0 Å². The molecule has 0 aliphatic heterocycles. The van der Waals surface area contributed by atoms with Gasteiger partial charge in [-0.25, -0.2) is 9.59 Å². The van der Waals surface area contributed by atoms with E-state index in [1.165, 1.54) is 18.2 Å². The molecule has 0 aliphatic rings. The highest BCUT2D eigenvalue weighted by Crippen LogP contribution is 2.18. The van der Waals surface area contributed by atoms with Gasteiger partial charge in [-0.05, 0) is 20.8 Å². The van der Waals surface area contributed by atoms with Gasteiger partial charge in [0.2, 0.25) is 0 Å². The number of aliphatic carboxylic acids is 1. The number of amides is 1. The Balaban J connectivity index is 2.79. The summed E-state index contributed by atoms with van der Waals surface area (Å²) in [5, 5.41) is 20.7. The average Bonchev–Trinajstić information content (AvgIpc) is 2.42. The van der Waals surface area contributed by atoms with E-state index in [-0.39, 0.29) is 17.7 Å². The molecular formula is C15H19NO6. The molecule has 0 fully saturated rings. The zero-order valence-electron chi connectivity index (χ0n) is 12.6. The van der Waals surface area contributed by atoms with Gasteiger partial charge >= 0.3 is 12.1 Å². The molecule has 1 rings (SSSR count). The van der Waals surface area contributed by atoms with Gasteiger partial charge in [-0.3, -0.25) is 4.79 Å². The summed E-state index contributed by atoms with van der Waals surface area (Å²) in [7, 11) is 0. The molecule has 1 aromatic carbocycles. The fourth-order valence-electron chi connectivity index (χ4n) is 1.68.